The van der Waals surface area contributed by atoms with Crippen molar-refractivity contribution in [2.75, 3.05) is 33.2 Å². The number of piperidine rings is 1. The lowest BCUT2D eigenvalue weighted by Gasteiger charge is -2.31. The van der Waals surface area contributed by atoms with Crippen LogP contribution < -0.4 is 10.6 Å². The number of nitrogens with one attached hydrogen (secondary N) is 2. The molecule has 2 fully saturated rings. The molecule has 3 unspecified atom stereocenters. The SMILES string of the molecule is CC1CCCCC1NC(=O)CN(C)CC1CCCNC1. The molecule has 1 heterocycles. The third kappa shape index (κ3) is 5.06. The first kappa shape index (κ1) is 15.8. The third-order valence-electron chi connectivity index (χ3n) is 4.84. The summed E-state index contributed by atoms with van der Waals surface area (Å²) in [5, 5.41) is 6.68. The van der Waals surface area contributed by atoms with Crippen LogP contribution in [0.15, 0.2) is 0 Å². The molecule has 2 aliphatic rings. The first-order chi connectivity index (χ1) is 9.65. The fourth-order valence-electron chi connectivity index (χ4n) is 3.61. The average molecular weight is 281 g/mol. The molecule has 4 heteroatoms. The van der Waals surface area contributed by atoms with Gasteiger partial charge in [0, 0.05) is 12.6 Å². The number of hydrogen-bond donors (Lipinski definition) is 2. The summed E-state index contributed by atoms with van der Waals surface area (Å²) in [5.74, 6) is 1.55. The lowest BCUT2D eigenvalue weighted by molar-refractivity contribution is -0.123. The summed E-state index contributed by atoms with van der Waals surface area (Å²) in [4.78, 5) is 14.3. The molecule has 1 aliphatic heterocycles. The predicted octanol–water partition coefficient (Wildman–Crippen LogP) is 1.61. The van der Waals surface area contributed by atoms with Crippen molar-refractivity contribution in [3.8, 4) is 0 Å². The summed E-state index contributed by atoms with van der Waals surface area (Å²) < 4.78 is 0. The lowest BCUT2D eigenvalue weighted by Crippen LogP contribution is -2.46. The van der Waals surface area contributed by atoms with Crippen molar-refractivity contribution in [1.29, 1.82) is 0 Å². The number of nitrogens with zero attached hydrogens (tertiary/aromatic N) is 1. The monoisotopic (exact) mass is 281 g/mol. The predicted molar refractivity (Wildman–Crippen MR) is 82.7 cm³/mol. The van der Waals surface area contributed by atoms with E-state index in [1.165, 1.54) is 32.1 Å². The first-order valence-electron chi connectivity index (χ1n) is 8.34. The van der Waals surface area contributed by atoms with Crippen LogP contribution in [0.2, 0.25) is 0 Å². The van der Waals surface area contributed by atoms with Gasteiger partial charge in [0.25, 0.3) is 0 Å². The van der Waals surface area contributed by atoms with Gasteiger partial charge in [-0.1, -0.05) is 19.8 Å². The van der Waals surface area contributed by atoms with E-state index in [1.807, 2.05) is 0 Å². The minimum absolute atomic E-state index is 0.204. The number of carbonyl (C=O) groups excluding carboxylic acids is 1. The number of hydrogen-bond acceptors (Lipinski definition) is 3. The molecule has 0 bridgehead atoms. The van der Waals surface area contributed by atoms with E-state index in [9.17, 15) is 4.79 Å². The van der Waals surface area contributed by atoms with Gasteiger partial charge in [-0.25, -0.2) is 0 Å². The van der Waals surface area contributed by atoms with Crippen molar-refractivity contribution < 1.29 is 4.79 Å². The van der Waals surface area contributed by atoms with Crippen LogP contribution in [-0.2, 0) is 4.79 Å². The van der Waals surface area contributed by atoms with E-state index in [1.54, 1.807) is 0 Å². The van der Waals surface area contributed by atoms with E-state index in [0.717, 1.165) is 26.1 Å². The van der Waals surface area contributed by atoms with Gasteiger partial charge >= 0.3 is 0 Å². The molecule has 3 atom stereocenters. The van der Waals surface area contributed by atoms with Crippen LogP contribution in [0.3, 0.4) is 0 Å². The quantitative estimate of drug-likeness (QED) is 0.805. The number of rotatable bonds is 5. The highest BCUT2D eigenvalue weighted by molar-refractivity contribution is 5.78. The second-order valence-corrected chi connectivity index (χ2v) is 6.84. The number of amides is 1. The minimum Gasteiger partial charge on any atom is -0.352 e. The van der Waals surface area contributed by atoms with E-state index >= 15 is 0 Å². The van der Waals surface area contributed by atoms with E-state index in [-0.39, 0.29) is 5.91 Å². The van der Waals surface area contributed by atoms with Gasteiger partial charge in [-0.2, -0.15) is 0 Å². The van der Waals surface area contributed by atoms with Gasteiger partial charge in [0.2, 0.25) is 5.91 Å². The highest BCUT2D eigenvalue weighted by Crippen LogP contribution is 2.23. The molecule has 0 radical (unpaired) electrons. The van der Waals surface area contributed by atoms with Crippen molar-refractivity contribution in [3.05, 3.63) is 0 Å². The Bertz CT molecular complexity index is 302. The second-order valence-electron chi connectivity index (χ2n) is 6.84. The van der Waals surface area contributed by atoms with E-state index in [4.69, 9.17) is 0 Å². The van der Waals surface area contributed by atoms with E-state index in [0.29, 0.717) is 24.4 Å². The Balaban J connectivity index is 1.67. The molecule has 4 nitrogen and oxygen atoms in total. The van der Waals surface area contributed by atoms with Gasteiger partial charge in [0.05, 0.1) is 6.54 Å². The van der Waals surface area contributed by atoms with Crippen LogP contribution in [0.1, 0.15) is 45.4 Å². The molecule has 0 spiro atoms. The van der Waals surface area contributed by atoms with Crippen molar-refractivity contribution in [2.24, 2.45) is 11.8 Å². The van der Waals surface area contributed by atoms with Crippen LogP contribution in [0.5, 0.6) is 0 Å². The van der Waals surface area contributed by atoms with Crippen LogP contribution in [0.4, 0.5) is 0 Å². The maximum absolute atomic E-state index is 12.1. The zero-order chi connectivity index (χ0) is 14.4. The van der Waals surface area contributed by atoms with Gasteiger partial charge in [-0.3, -0.25) is 9.69 Å². The van der Waals surface area contributed by atoms with Crippen LogP contribution in [-0.4, -0.2) is 50.1 Å². The molecule has 1 amide bonds. The van der Waals surface area contributed by atoms with Gasteiger partial charge in [0.15, 0.2) is 0 Å². The first-order valence-corrected chi connectivity index (χ1v) is 8.34. The normalized spacial score (nSPS) is 31.2. The molecular weight excluding hydrogens is 250 g/mol. The summed E-state index contributed by atoms with van der Waals surface area (Å²) in [6.45, 7) is 6.09. The van der Waals surface area contributed by atoms with Crippen molar-refractivity contribution in [2.45, 2.75) is 51.5 Å². The van der Waals surface area contributed by atoms with Crippen molar-refractivity contribution in [3.63, 3.8) is 0 Å². The molecule has 1 saturated carbocycles. The largest absolute Gasteiger partial charge is 0.352 e. The molecule has 0 aromatic carbocycles. The van der Waals surface area contributed by atoms with Gasteiger partial charge in [-0.05, 0) is 57.7 Å². The average Bonchev–Trinajstić information content (AvgIpc) is 2.42. The summed E-state index contributed by atoms with van der Waals surface area (Å²) in [7, 11) is 2.07. The fraction of sp³-hybridized carbons (Fsp3) is 0.938. The Morgan fingerprint density at radius 1 is 1.25 bits per heavy atom. The van der Waals surface area contributed by atoms with Crippen LogP contribution >= 0.6 is 0 Å². The lowest BCUT2D eigenvalue weighted by atomic mass is 9.86. The number of carbonyl (C=O) groups is 1. The third-order valence-corrected chi connectivity index (χ3v) is 4.84. The Morgan fingerprint density at radius 3 is 2.75 bits per heavy atom. The zero-order valence-corrected chi connectivity index (χ0v) is 13.2. The molecule has 2 N–H and O–H groups in total. The maximum atomic E-state index is 12.1. The second kappa shape index (κ2) is 7.99. The number of likely N-dealkylation sites (N-methyl/N-ethyl adjacent to an activating group) is 1. The van der Waals surface area contributed by atoms with Gasteiger partial charge in [0.1, 0.15) is 0 Å². The highest BCUT2D eigenvalue weighted by atomic mass is 16.2. The maximum Gasteiger partial charge on any atom is 0.234 e. The van der Waals surface area contributed by atoms with Crippen molar-refractivity contribution in [1.82, 2.24) is 15.5 Å². The fourth-order valence-corrected chi connectivity index (χ4v) is 3.61. The van der Waals surface area contributed by atoms with E-state index in [2.05, 4.69) is 29.5 Å². The Labute approximate surface area is 123 Å². The van der Waals surface area contributed by atoms with Crippen LogP contribution in [0, 0.1) is 11.8 Å². The summed E-state index contributed by atoms with van der Waals surface area (Å²) in [5.41, 5.74) is 0. The Hall–Kier alpha value is -0.610. The molecule has 116 valence electrons. The zero-order valence-electron chi connectivity index (χ0n) is 13.2. The Morgan fingerprint density at radius 2 is 2.05 bits per heavy atom. The van der Waals surface area contributed by atoms with Crippen LogP contribution in [0.25, 0.3) is 0 Å². The topological polar surface area (TPSA) is 44.4 Å². The smallest absolute Gasteiger partial charge is 0.234 e. The standard InChI is InChI=1S/C16H31N3O/c1-13-6-3-4-8-15(13)18-16(20)12-19(2)11-14-7-5-9-17-10-14/h13-15,17H,3-12H2,1-2H3,(H,18,20). The molecule has 0 aromatic heterocycles. The molecule has 1 saturated heterocycles. The molecule has 20 heavy (non-hydrogen) atoms. The molecule has 2 rings (SSSR count). The van der Waals surface area contributed by atoms with Gasteiger partial charge < -0.3 is 10.6 Å². The molecular formula is C16H31N3O. The summed E-state index contributed by atoms with van der Waals surface area (Å²) in [6.07, 6.45) is 7.56. The minimum atomic E-state index is 0.204. The Kier molecular flexibility index (Phi) is 6.30. The van der Waals surface area contributed by atoms with Gasteiger partial charge in [-0.15, -0.1) is 0 Å². The molecule has 1 aliphatic carbocycles. The molecule has 0 aromatic rings. The van der Waals surface area contributed by atoms with E-state index < -0.39 is 0 Å². The summed E-state index contributed by atoms with van der Waals surface area (Å²) in [6, 6.07) is 0.404. The van der Waals surface area contributed by atoms with Crippen molar-refractivity contribution >= 4 is 5.91 Å². The highest BCUT2D eigenvalue weighted by Gasteiger charge is 2.23. The summed E-state index contributed by atoms with van der Waals surface area (Å²) >= 11 is 0.